The highest BCUT2D eigenvalue weighted by Gasteiger charge is 2.18. The lowest BCUT2D eigenvalue weighted by Gasteiger charge is -2.21. The summed E-state index contributed by atoms with van der Waals surface area (Å²) in [5, 5.41) is 3.25. The van der Waals surface area contributed by atoms with Crippen LogP contribution in [-0.4, -0.2) is 33.9 Å². The lowest BCUT2D eigenvalue weighted by molar-refractivity contribution is 0.0746. The van der Waals surface area contributed by atoms with Gasteiger partial charge in [-0.1, -0.05) is 42.5 Å². The molecule has 0 aliphatic carbocycles. The molecule has 0 spiro atoms. The van der Waals surface area contributed by atoms with Crippen LogP contribution in [-0.2, 0) is 6.54 Å². The zero-order valence-electron chi connectivity index (χ0n) is 17.1. The van der Waals surface area contributed by atoms with Gasteiger partial charge in [-0.15, -0.1) is 0 Å². The minimum atomic E-state index is -0.122. The highest BCUT2D eigenvalue weighted by Crippen LogP contribution is 2.27. The smallest absolute Gasteiger partial charge is 0.272 e. The van der Waals surface area contributed by atoms with Gasteiger partial charge >= 0.3 is 0 Å². The Morgan fingerprint density at radius 2 is 1.76 bits per heavy atom. The number of ether oxygens (including phenoxy) is 1. The third kappa shape index (κ3) is 5.31. The van der Waals surface area contributed by atoms with Crippen molar-refractivity contribution in [1.82, 2.24) is 14.9 Å². The van der Waals surface area contributed by atoms with E-state index in [1.807, 2.05) is 68.4 Å². The van der Waals surface area contributed by atoms with Gasteiger partial charge in [-0.05, 0) is 38.5 Å². The van der Waals surface area contributed by atoms with Gasteiger partial charge in [-0.25, -0.2) is 9.97 Å². The van der Waals surface area contributed by atoms with Crippen molar-refractivity contribution in [2.24, 2.45) is 0 Å². The predicted octanol–water partition coefficient (Wildman–Crippen LogP) is 4.59. The van der Waals surface area contributed by atoms with Crippen LogP contribution >= 0.6 is 0 Å². The van der Waals surface area contributed by atoms with Gasteiger partial charge in [0.05, 0.1) is 12.3 Å². The fraction of sp³-hybridized carbons (Fsp3) is 0.261. The lowest BCUT2D eigenvalue weighted by Crippen LogP contribution is -2.31. The average Bonchev–Trinajstić information content (AvgIpc) is 2.73. The fourth-order valence-electron chi connectivity index (χ4n) is 3.02. The van der Waals surface area contributed by atoms with Gasteiger partial charge in [0, 0.05) is 19.2 Å². The van der Waals surface area contributed by atoms with Crippen LogP contribution in [0, 0.1) is 6.92 Å². The van der Waals surface area contributed by atoms with E-state index >= 15 is 0 Å². The van der Waals surface area contributed by atoms with Gasteiger partial charge in [0.1, 0.15) is 23.1 Å². The number of amides is 1. The molecule has 150 valence electrons. The van der Waals surface area contributed by atoms with Crippen molar-refractivity contribution in [3.8, 4) is 5.75 Å². The van der Waals surface area contributed by atoms with Crippen molar-refractivity contribution in [2.75, 3.05) is 18.5 Å². The largest absolute Gasteiger partial charge is 0.492 e. The number of para-hydroxylation sites is 2. The summed E-state index contributed by atoms with van der Waals surface area (Å²) in [5.41, 5.74) is 2.24. The second kappa shape index (κ2) is 9.68. The molecule has 1 heterocycles. The standard InChI is InChI=1S/C23H26N4O2/c1-4-27(16-18-11-7-6-8-12-18)23(28)20-15-22(25-17(3)24-20)26-19-13-9-10-14-21(19)29-5-2/h6-15H,4-5,16H2,1-3H3,(H,24,25,26). The minimum absolute atomic E-state index is 0.122. The fourth-order valence-corrected chi connectivity index (χ4v) is 3.02. The third-order valence-corrected chi connectivity index (χ3v) is 4.39. The molecule has 3 aromatic rings. The van der Waals surface area contributed by atoms with Gasteiger partial charge in [0.2, 0.25) is 0 Å². The van der Waals surface area contributed by atoms with E-state index in [1.54, 1.807) is 17.9 Å². The van der Waals surface area contributed by atoms with Gasteiger partial charge < -0.3 is 15.0 Å². The molecule has 6 nitrogen and oxygen atoms in total. The third-order valence-electron chi connectivity index (χ3n) is 4.39. The Morgan fingerprint density at radius 1 is 1.03 bits per heavy atom. The molecule has 29 heavy (non-hydrogen) atoms. The lowest BCUT2D eigenvalue weighted by atomic mass is 10.2. The second-order valence-electron chi connectivity index (χ2n) is 6.54. The molecule has 6 heteroatoms. The first-order valence-electron chi connectivity index (χ1n) is 9.78. The Balaban J connectivity index is 1.83. The normalized spacial score (nSPS) is 10.4. The van der Waals surface area contributed by atoms with E-state index < -0.39 is 0 Å². The van der Waals surface area contributed by atoms with E-state index in [-0.39, 0.29) is 5.91 Å². The first-order valence-corrected chi connectivity index (χ1v) is 9.78. The maximum atomic E-state index is 13.1. The summed E-state index contributed by atoms with van der Waals surface area (Å²) in [4.78, 5) is 23.7. The number of benzene rings is 2. The summed E-state index contributed by atoms with van der Waals surface area (Å²) in [6.07, 6.45) is 0. The number of rotatable bonds is 8. The Kier molecular flexibility index (Phi) is 6.79. The molecule has 0 radical (unpaired) electrons. The molecule has 0 saturated carbocycles. The molecule has 1 aromatic heterocycles. The number of hydrogen-bond acceptors (Lipinski definition) is 5. The van der Waals surface area contributed by atoms with Gasteiger partial charge in [0.15, 0.2) is 0 Å². The minimum Gasteiger partial charge on any atom is -0.492 e. The summed E-state index contributed by atoms with van der Waals surface area (Å²) in [5.74, 6) is 1.70. The molecule has 1 N–H and O–H groups in total. The SMILES string of the molecule is CCOc1ccccc1Nc1cc(C(=O)N(CC)Cc2ccccc2)nc(C)n1. The number of anilines is 2. The number of carbonyl (C=O) groups excluding carboxylic acids is 1. The average molecular weight is 390 g/mol. The van der Waals surface area contributed by atoms with Crippen LogP contribution in [0.25, 0.3) is 0 Å². The van der Waals surface area contributed by atoms with Crippen LogP contribution in [0.15, 0.2) is 60.7 Å². The van der Waals surface area contributed by atoms with Gasteiger partial charge in [0.25, 0.3) is 5.91 Å². The summed E-state index contributed by atoms with van der Waals surface area (Å²) in [6.45, 7) is 7.38. The first kappa shape index (κ1) is 20.3. The van der Waals surface area contributed by atoms with Crippen molar-refractivity contribution in [2.45, 2.75) is 27.3 Å². The van der Waals surface area contributed by atoms with Crippen LogP contribution in [0.4, 0.5) is 11.5 Å². The molecule has 0 fully saturated rings. The molecule has 0 unspecified atom stereocenters. The van der Waals surface area contributed by atoms with Crippen molar-refractivity contribution < 1.29 is 9.53 Å². The second-order valence-corrected chi connectivity index (χ2v) is 6.54. The van der Waals surface area contributed by atoms with Crippen LogP contribution < -0.4 is 10.1 Å². The molecule has 1 amide bonds. The van der Waals surface area contributed by atoms with Crippen LogP contribution in [0.1, 0.15) is 35.7 Å². The van der Waals surface area contributed by atoms with E-state index in [9.17, 15) is 4.79 Å². The zero-order valence-corrected chi connectivity index (χ0v) is 17.1. The Morgan fingerprint density at radius 3 is 2.48 bits per heavy atom. The molecule has 0 saturated heterocycles. The van der Waals surface area contributed by atoms with Gasteiger partial charge in [-0.2, -0.15) is 0 Å². The molecule has 0 atom stereocenters. The van der Waals surface area contributed by atoms with E-state index in [0.717, 1.165) is 17.0 Å². The van der Waals surface area contributed by atoms with Crippen molar-refractivity contribution in [3.63, 3.8) is 0 Å². The van der Waals surface area contributed by atoms with Crippen molar-refractivity contribution in [1.29, 1.82) is 0 Å². The summed E-state index contributed by atoms with van der Waals surface area (Å²) in [6, 6.07) is 19.3. The van der Waals surface area contributed by atoms with Crippen LogP contribution in [0.2, 0.25) is 0 Å². The monoisotopic (exact) mass is 390 g/mol. The topological polar surface area (TPSA) is 67.3 Å². The highest BCUT2D eigenvalue weighted by molar-refractivity contribution is 5.93. The summed E-state index contributed by atoms with van der Waals surface area (Å²) < 4.78 is 5.66. The van der Waals surface area contributed by atoms with Crippen molar-refractivity contribution in [3.05, 3.63) is 77.7 Å². The van der Waals surface area contributed by atoms with E-state index in [1.165, 1.54) is 0 Å². The molecule has 0 aliphatic rings. The first-order chi connectivity index (χ1) is 14.1. The van der Waals surface area contributed by atoms with E-state index in [2.05, 4.69) is 15.3 Å². The number of carbonyl (C=O) groups is 1. The van der Waals surface area contributed by atoms with Crippen LogP contribution in [0.3, 0.4) is 0 Å². The van der Waals surface area contributed by atoms with Crippen molar-refractivity contribution >= 4 is 17.4 Å². The maximum absolute atomic E-state index is 13.1. The number of aryl methyl sites for hydroxylation is 1. The summed E-state index contributed by atoms with van der Waals surface area (Å²) >= 11 is 0. The van der Waals surface area contributed by atoms with Crippen LogP contribution in [0.5, 0.6) is 5.75 Å². The summed E-state index contributed by atoms with van der Waals surface area (Å²) in [7, 11) is 0. The Bertz CT molecular complexity index is 960. The highest BCUT2D eigenvalue weighted by atomic mass is 16.5. The molecular formula is C23H26N4O2. The zero-order chi connectivity index (χ0) is 20.6. The maximum Gasteiger partial charge on any atom is 0.272 e. The molecular weight excluding hydrogens is 364 g/mol. The molecule has 3 rings (SSSR count). The number of nitrogens with zero attached hydrogens (tertiary/aromatic N) is 3. The van der Waals surface area contributed by atoms with E-state index in [4.69, 9.17) is 4.74 Å². The molecule has 0 aliphatic heterocycles. The van der Waals surface area contributed by atoms with E-state index in [0.29, 0.717) is 37.0 Å². The molecule has 2 aromatic carbocycles. The number of aromatic nitrogens is 2. The molecule has 0 bridgehead atoms. The Hall–Kier alpha value is -3.41. The quantitative estimate of drug-likeness (QED) is 0.609. The number of hydrogen-bond donors (Lipinski definition) is 1. The Labute approximate surface area is 171 Å². The predicted molar refractivity (Wildman–Crippen MR) is 115 cm³/mol. The number of nitrogens with one attached hydrogen (secondary N) is 1. The van der Waals surface area contributed by atoms with Gasteiger partial charge in [-0.3, -0.25) is 4.79 Å².